The van der Waals surface area contributed by atoms with Crippen LogP contribution < -0.4 is 5.32 Å². The topological polar surface area (TPSA) is 34.1 Å². The number of hydrogen-bond donors (Lipinski definition) is 1. The lowest BCUT2D eigenvalue weighted by Gasteiger charge is -2.19. The Morgan fingerprint density at radius 2 is 2.33 bits per heavy atom. The predicted molar refractivity (Wildman–Crippen MR) is 79.5 cm³/mol. The van der Waals surface area contributed by atoms with Gasteiger partial charge in [0.15, 0.2) is 0 Å². The van der Waals surface area contributed by atoms with Gasteiger partial charge in [-0.3, -0.25) is 0 Å². The van der Waals surface area contributed by atoms with Crippen LogP contribution in [0.3, 0.4) is 0 Å². The van der Waals surface area contributed by atoms with Crippen molar-refractivity contribution in [2.24, 2.45) is 0 Å². The Morgan fingerprint density at radius 1 is 1.44 bits per heavy atom. The Kier molecular flexibility index (Phi) is 5.95. The number of thiazole rings is 1. The van der Waals surface area contributed by atoms with Crippen molar-refractivity contribution in [1.29, 1.82) is 0 Å². The van der Waals surface area contributed by atoms with Crippen molar-refractivity contribution in [3.05, 3.63) is 15.6 Å². The second-order valence-corrected chi connectivity index (χ2v) is 6.65. The number of hydrogen-bond acceptors (Lipinski definition) is 5. The molecular weight excluding hydrogens is 264 g/mol. The van der Waals surface area contributed by atoms with Crippen LogP contribution in [0.2, 0.25) is 0 Å². The van der Waals surface area contributed by atoms with E-state index < -0.39 is 0 Å². The summed E-state index contributed by atoms with van der Waals surface area (Å²) < 4.78 is 5.81. The fraction of sp³-hybridized carbons (Fsp3) is 0.769. The van der Waals surface area contributed by atoms with Crippen molar-refractivity contribution in [3.8, 4) is 0 Å². The van der Waals surface area contributed by atoms with Gasteiger partial charge in [-0.1, -0.05) is 13.8 Å². The fourth-order valence-corrected chi connectivity index (χ4v) is 4.09. The van der Waals surface area contributed by atoms with E-state index in [2.05, 4.69) is 19.2 Å². The summed E-state index contributed by atoms with van der Waals surface area (Å²) in [4.78, 5) is 6.16. The SMILES string of the molecule is CCCNCc1sc(C2CSCCO2)nc1CC. The van der Waals surface area contributed by atoms with Crippen molar-refractivity contribution < 1.29 is 4.74 Å². The lowest BCUT2D eigenvalue weighted by Crippen LogP contribution is -2.15. The van der Waals surface area contributed by atoms with Gasteiger partial charge in [-0.25, -0.2) is 4.98 Å². The minimum atomic E-state index is 0.221. The number of aryl methyl sites for hydroxylation is 1. The number of rotatable bonds is 6. The van der Waals surface area contributed by atoms with Crippen molar-refractivity contribution in [2.75, 3.05) is 24.7 Å². The van der Waals surface area contributed by atoms with Gasteiger partial charge in [0.05, 0.1) is 12.3 Å². The van der Waals surface area contributed by atoms with Crippen LogP contribution in [-0.2, 0) is 17.7 Å². The van der Waals surface area contributed by atoms with Crippen LogP contribution in [0.5, 0.6) is 0 Å². The average Bonchev–Trinajstić information content (AvgIpc) is 2.83. The maximum absolute atomic E-state index is 5.81. The summed E-state index contributed by atoms with van der Waals surface area (Å²) in [5.41, 5.74) is 1.25. The molecule has 0 aromatic carbocycles. The molecule has 1 fully saturated rings. The molecular formula is C13H22N2OS2. The average molecular weight is 286 g/mol. The van der Waals surface area contributed by atoms with Gasteiger partial charge in [-0.2, -0.15) is 11.8 Å². The zero-order valence-corrected chi connectivity index (χ0v) is 12.8. The molecule has 1 saturated heterocycles. The number of aromatic nitrogens is 1. The van der Waals surface area contributed by atoms with Crippen LogP contribution >= 0.6 is 23.1 Å². The van der Waals surface area contributed by atoms with Crippen LogP contribution in [0.4, 0.5) is 0 Å². The highest BCUT2D eigenvalue weighted by molar-refractivity contribution is 7.99. The van der Waals surface area contributed by atoms with Crippen molar-refractivity contribution >= 4 is 23.1 Å². The minimum Gasteiger partial charge on any atom is -0.369 e. The second-order valence-electron chi connectivity index (χ2n) is 4.39. The first-order chi connectivity index (χ1) is 8.85. The third-order valence-corrected chi connectivity index (χ3v) is 5.12. The van der Waals surface area contributed by atoms with E-state index >= 15 is 0 Å². The van der Waals surface area contributed by atoms with E-state index in [1.165, 1.54) is 22.0 Å². The standard InChI is InChI=1S/C13H22N2OS2/c1-3-5-14-8-12-10(4-2)15-13(18-12)11-9-17-7-6-16-11/h11,14H,3-9H2,1-2H3. The first-order valence-electron chi connectivity index (χ1n) is 6.73. The largest absolute Gasteiger partial charge is 0.369 e. The number of nitrogens with zero attached hydrogens (tertiary/aromatic N) is 1. The molecule has 0 saturated carbocycles. The first kappa shape index (κ1) is 14.3. The maximum atomic E-state index is 5.81. The van der Waals surface area contributed by atoms with E-state index in [4.69, 9.17) is 9.72 Å². The summed E-state index contributed by atoms with van der Waals surface area (Å²) >= 11 is 3.80. The van der Waals surface area contributed by atoms with Crippen LogP contribution in [0.25, 0.3) is 0 Å². The van der Waals surface area contributed by atoms with Gasteiger partial charge in [0, 0.05) is 22.9 Å². The summed E-state index contributed by atoms with van der Waals surface area (Å²) in [7, 11) is 0. The van der Waals surface area contributed by atoms with Gasteiger partial charge in [-0.05, 0) is 19.4 Å². The second kappa shape index (κ2) is 7.48. The monoisotopic (exact) mass is 286 g/mol. The molecule has 18 heavy (non-hydrogen) atoms. The maximum Gasteiger partial charge on any atom is 0.123 e. The molecule has 1 aromatic heterocycles. The zero-order valence-electron chi connectivity index (χ0n) is 11.2. The van der Waals surface area contributed by atoms with Crippen LogP contribution in [0.1, 0.15) is 42.0 Å². The molecule has 0 spiro atoms. The Balaban J connectivity index is 2.02. The van der Waals surface area contributed by atoms with E-state index in [0.29, 0.717) is 0 Å². The highest BCUT2D eigenvalue weighted by atomic mass is 32.2. The van der Waals surface area contributed by atoms with Gasteiger partial charge in [0.1, 0.15) is 11.1 Å². The Bertz CT molecular complexity index is 362. The molecule has 2 rings (SSSR count). The summed E-state index contributed by atoms with van der Waals surface area (Å²) in [6, 6.07) is 0. The predicted octanol–water partition coefficient (Wildman–Crippen LogP) is 3.01. The van der Waals surface area contributed by atoms with Gasteiger partial charge < -0.3 is 10.1 Å². The van der Waals surface area contributed by atoms with E-state index in [1.807, 2.05) is 23.1 Å². The van der Waals surface area contributed by atoms with E-state index in [0.717, 1.165) is 37.6 Å². The van der Waals surface area contributed by atoms with Gasteiger partial charge >= 0.3 is 0 Å². The number of ether oxygens (including phenoxy) is 1. The molecule has 1 N–H and O–H groups in total. The Hall–Kier alpha value is -0.100. The molecule has 0 aliphatic carbocycles. The molecule has 2 heterocycles. The molecule has 1 aliphatic rings. The van der Waals surface area contributed by atoms with Gasteiger partial charge in [0.25, 0.3) is 0 Å². The van der Waals surface area contributed by atoms with E-state index in [1.54, 1.807) is 0 Å². The van der Waals surface area contributed by atoms with Crippen molar-refractivity contribution in [1.82, 2.24) is 10.3 Å². The number of nitrogens with one attached hydrogen (secondary N) is 1. The molecule has 1 unspecified atom stereocenters. The minimum absolute atomic E-state index is 0.221. The quantitative estimate of drug-likeness (QED) is 0.815. The van der Waals surface area contributed by atoms with Gasteiger partial charge in [0.2, 0.25) is 0 Å². The first-order valence-corrected chi connectivity index (χ1v) is 8.70. The molecule has 0 bridgehead atoms. The molecule has 1 aliphatic heterocycles. The molecule has 1 atom stereocenters. The molecule has 102 valence electrons. The normalized spacial score (nSPS) is 20.2. The molecule has 3 nitrogen and oxygen atoms in total. The highest BCUT2D eigenvalue weighted by Crippen LogP contribution is 2.31. The molecule has 0 radical (unpaired) electrons. The smallest absolute Gasteiger partial charge is 0.123 e. The lowest BCUT2D eigenvalue weighted by molar-refractivity contribution is 0.0754. The zero-order chi connectivity index (χ0) is 12.8. The van der Waals surface area contributed by atoms with Gasteiger partial charge in [-0.15, -0.1) is 11.3 Å². The fourth-order valence-electron chi connectivity index (χ4n) is 1.96. The van der Waals surface area contributed by atoms with E-state index in [-0.39, 0.29) is 6.10 Å². The third-order valence-electron chi connectivity index (χ3n) is 2.93. The van der Waals surface area contributed by atoms with Crippen LogP contribution in [-0.4, -0.2) is 29.6 Å². The van der Waals surface area contributed by atoms with Crippen LogP contribution in [0, 0.1) is 0 Å². The number of thioether (sulfide) groups is 1. The highest BCUT2D eigenvalue weighted by Gasteiger charge is 2.21. The Morgan fingerprint density at radius 3 is 3.00 bits per heavy atom. The summed E-state index contributed by atoms with van der Waals surface area (Å²) in [6.07, 6.45) is 2.41. The molecule has 1 aromatic rings. The third kappa shape index (κ3) is 3.70. The van der Waals surface area contributed by atoms with Crippen molar-refractivity contribution in [3.63, 3.8) is 0 Å². The summed E-state index contributed by atoms with van der Waals surface area (Å²) in [5, 5.41) is 4.64. The van der Waals surface area contributed by atoms with Crippen molar-refractivity contribution in [2.45, 2.75) is 39.3 Å². The summed E-state index contributed by atoms with van der Waals surface area (Å²) in [5.74, 6) is 2.17. The Labute approximate surface area is 118 Å². The molecule has 5 heteroatoms. The lowest BCUT2D eigenvalue weighted by atomic mass is 10.3. The van der Waals surface area contributed by atoms with E-state index in [9.17, 15) is 0 Å². The summed E-state index contributed by atoms with van der Waals surface area (Å²) in [6.45, 7) is 7.26. The van der Waals surface area contributed by atoms with Crippen LogP contribution in [0.15, 0.2) is 0 Å². The molecule has 0 amide bonds.